The van der Waals surface area contributed by atoms with Gasteiger partial charge in [-0.05, 0) is 83.0 Å². The lowest BCUT2D eigenvalue weighted by molar-refractivity contribution is 0.485. The van der Waals surface area contributed by atoms with Gasteiger partial charge in [0.25, 0.3) is 0 Å². The minimum absolute atomic E-state index is 0.161. The van der Waals surface area contributed by atoms with Crippen LogP contribution >= 0.6 is 22.6 Å². The normalized spacial score (nSPS) is 11.7. The molecule has 21 heavy (non-hydrogen) atoms. The Morgan fingerprint density at radius 2 is 1.67 bits per heavy atom. The number of halogens is 1. The number of hydrogen-bond donors (Lipinski definition) is 0. The van der Waals surface area contributed by atoms with Crippen molar-refractivity contribution in [3.63, 3.8) is 0 Å². The first-order valence-electron chi connectivity index (χ1n) is 6.60. The van der Waals surface area contributed by atoms with Crippen molar-refractivity contribution in [3.8, 4) is 5.75 Å². The van der Waals surface area contributed by atoms with Crippen molar-refractivity contribution in [2.24, 2.45) is 0 Å². The van der Waals surface area contributed by atoms with Crippen LogP contribution < -0.4 is 4.18 Å². The molecule has 2 aromatic carbocycles. The molecule has 0 bridgehead atoms. The number of hydrogen-bond acceptors (Lipinski definition) is 3. The van der Waals surface area contributed by atoms with Gasteiger partial charge in [-0.15, -0.1) is 0 Å². The first-order chi connectivity index (χ1) is 9.79. The van der Waals surface area contributed by atoms with Crippen molar-refractivity contribution in [1.82, 2.24) is 0 Å². The summed E-state index contributed by atoms with van der Waals surface area (Å²) in [7, 11) is -3.78. The molecule has 0 aliphatic heterocycles. The van der Waals surface area contributed by atoms with E-state index in [2.05, 4.69) is 36.4 Å². The molecule has 0 spiro atoms. The van der Waals surface area contributed by atoms with Gasteiger partial charge in [0.05, 0.1) is 0 Å². The Labute approximate surface area is 139 Å². The summed E-state index contributed by atoms with van der Waals surface area (Å²) in [5.41, 5.74) is 2.22. The molecular weight excluding hydrogens is 399 g/mol. The summed E-state index contributed by atoms with van der Waals surface area (Å²) in [6.45, 7) is 6.16. The maximum absolute atomic E-state index is 12.2. The smallest absolute Gasteiger partial charge is 0.339 e. The lowest BCUT2D eigenvalue weighted by atomic mass is 9.98. The molecule has 0 radical (unpaired) electrons. The molecule has 0 saturated carbocycles. The summed E-state index contributed by atoms with van der Waals surface area (Å²) in [4.78, 5) is 0.161. The SMILES string of the molecule is Cc1cc(OS(=O)(=O)c2ccc(I)cc2)ccc1C(C)C. The van der Waals surface area contributed by atoms with Crippen LogP contribution in [0.5, 0.6) is 5.75 Å². The second kappa shape index (κ2) is 6.36. The van der Waals surface area contributed by atoms with E-state index < -0.39 is 10.1 Å². The molecule has 0 heterocycles. The van der Waals surface area contributed by atoms with Gasteiger partial charge in [-0.25, -0.2) is 0 Å². The highest BCUT2D eigenvalue weighted by Gasteiger charge is 2.17. The Balaban J connectivity index is 2.29. The van der Waals surface area contributed by atoms with Gasteiger partial charge in [0.2, 0.25) is 0 Å². The lowest BCUT2D eigenvalue weighted by Crippen LogP contribution is -2.10. The van der Waals surface area contributed by atoms with Crippen LogP contribution in [0.2, 0.25) is 0 Å². The van der Waals surface area contributed by atoms with Gasteiger partial charge in [-0.3, -0.25) is 0 Å². The van der Waals surface area contributed by atoms with Crippen LogP contribution in [0.15, 0.2) is 47.4 Å². The van der Waals surface area contributed by atoms with Crippen LogP contribution in [0.25, 0.3) is 0 Å². The third-order valence-corrected chi connectivity index (χ3v) is 5.15. The summed E-state index contributed by atoms with van der Waals surface area (Å²) in [6, 6.07) is 12.0. The minimum atomic E-state index is -3.78. The molecule has 0 aliphatic carbocycles. The summed E-state index contributed by atoms with van der Waals surface area (Å²) < 4.78 is 30.6. The van der Waals surface area contributed by atoms with Crippen molar-refractivity contribution in [1.29, 1.82) is 0 Å². The molecule has 0 fully saturated rings. The number of aryl methyl sites for hydroxylation is 1. The van der Waals surface area contributed by atoms with Crippen LogP contribution in [0, 0.1) is 10.5 Å². The third-order valence-electron chi connectivity index (χ3n) is 3.17. The molecule has 0 atom stereocenters. The predicted octanol–water partition coefficient (Wildman–Crippen LogP) is 4.49. The predicted molar refractivity (Wildman–Crippen MR) is 92.2 cm³/mol. The maximum atomic E-state index is 12.2. The van der Waals surface area contributed by atoms with Gasteiger partial charge in [-0.2, -0.15) is 8.42 Å². The van der Waals surface area contributed by atoms with E-state index in [0.29, 0.717) is 11.7 Å². The highest BCUT2D eigenvalue weighted by Crippen LogP contribution is 2.25. The molecule has 112 valence electrons. The Morgan fingerprint density at radius 1 is 1.05 bits per heavy atom. The van der Waals surface area contributed by atoms with Gasteiger partial charge in [-0.1, -0.05) is 19.9 Å². The van der Waals surface area contributed by atoms with Gasteiger partial charge in [0, 0.05) is 3.57 Å². The maximum Gasteiger partial charge on any atom is 0.339 e. The lowest BCUT2D eigenvalue weighted by Gasteiger charge is -2.12. The van der Waals surface area contributed by atoms with Crippen LogP contribution in [-0.4, -0.2) is 8.42 Å². The molecule has 0 N–H and O–H groups in total. The standard InChI is InChI=1S/C16H17IO3S/c1-11(2)16-9-6-14(10-12(16)3)20-21(18,19)15-7-4-13(17)5-8-15/h4-11H,1-3H3. The van der Waals surface area contributed by atoms with Crippen LogP contribution in [-0.2, 0) is 10.1 Å². The average Bonchev–Trinajstić information content (AvgIpc) is 2.38. The second-order valence-corrected chi connectivity index (χ2v) is 7.96. The second-order valence-electron chi connectivity index (χ2n) is 5.16. The first-order valence-corrected chi connectivity index (χ1v) is 9.09. The third kappa shape index (κ3) is 3.97. The van der Waals surface area contributed by atoms with Gasteiger partial charge in [0.15, 0.2) is 0 Å². The monoisotopic (exact) mass is 416 g/mol. The van der Waals surface area contributed by atoms with Crippen LogP contribution in [0.3, 0.4) is 0 Å². The summed E-state index contributed by atoms with van der Waals surface area (Å²) in [6.07, 6.45) is 0. The fraction of sp³-hybridized carbons (Fsp3) is 0.250. The molecule has 0 unspecified atom stereocenters. The topological polar surface area (TPSA) is 43.4 Å². The summed E-state index contributed by atoms with van der Waals surface area (Å²) in [5.74, 6) is 0.738. The fourth-order valence-electron chi connectivity index (χ4n) is 2.12. The van der Waals surface area contributed by atoms with Gasteiger partial charge >= 0.3 is 10.1 Å². The van der Waals surface area contributed by atoms with E-state index in [1.54, 1.807) is 36.4 Å². The fourth-order valence-corrected chi connectivity index (χ4v) is 3.41. The molecule has 2 aromatic rings. The Bertz CT molecular complexity index is 735. The van der Waals surface area contributed by atoms with E-state index >= 15 is 0 Å². The minimum Gasteiger partial charge on any atom is -0.379 e. The van der Waals surface area contributed by atoms with E-state index in [1.807, 2.05) is 13.0 Å². The van der Waals surface area contributed by atoms with Crippen molar-refractivity contribution >= 4 is 32.7 Å². The zero-order valence-corrected chi connectivity index (χ0v) is 15.1. The largest absolute Gasteiger partial charge is 0.379 e. The zero-order valence-electron chi connectivity index (χ0n) is 12.1. The molecule has 0 aliphatic rings. The van der Waals surface area contributed by atoms with Gasteiger partial charge in [0.1, 0.15) is 10.6 Å². The highest BCUT2D eigenvalue weighted by atomic mass is 127. The molecule has 0 saturated heterocycles. The van der Waals surface area contributed by atoms with E-state index in [-0.39, 0.29) is 4.90 Å². The van der Waals surface area contributed by atoms with E-state index in [9.17, 15) is 8.42 Å². The highest BCUT2D eigenvalue weighted by molar-refractivity contribution is 14.1. The Morgan fingerprint density at radius 3 is 2.19 bits per heavy atom. The summed E-state index contributed by atoms with van der Waals surface area (Å²) >= 11 is 2.13. The quantitative estimate of drug-likeness (QED) is 0.545. The average molecular weight is 416 g/mol. The number of rotatable bonds is 4. The molecule has 0 amide bonds. The van der Waals surface area contributed by atoms with Crippen molar-refractivity contribution < 1.29 is 12.6 Å². The molecule has 2 rings (SSSR count). The molecule has 3 nitrogen and oxygen atoms in total. The number of benzene rings is 2. The van der Waals surface area contributed by atoms with E-state index in [1.165, 1.54) is 5.56 Å². The van der Waals surface area contributed by atoms with Crippen LogP contribution in [0.1, 0.15) is 30.9 Å². The van der Waals surface area contributed by atoms with Gasteiger partial charge < -0.3 is 4.18 Å². The summed E-state index contributed by atoms with van der Waals surface area (Å²) in [5, 5.41) is 0. The molecule has 0 aromatic heterocycles. The van der Waals surface area contributed by atoms with Crippen molar-refractivity contribution in [2.75, 3.05) is 0 Å². The zero-order chi connectivity index (χ0) is 15.6. The molecule has 5 heteroatoms. The van der Waals surface area contributed by atoms with Crippen molar-refractivity contribution in [2.45, 2.75) is 31.6 Å². The Kier molecular flexibility index (Phi) is 4.93. The van der Waals surface area contributed by atoms with Crippen molar-refractivity contribution in [3.05, 3.63) is 57.2 Å². The Hall–Kier alpha value is -1.08. The first kappa shape index (κ1) is 16.3. The van der Waals surface area contributed by atoms with E-state index in [0.717, 1.165) is 9.13 Å². The molecular formula is C16H17IO3S. The van der Waals surface area contributed by atoms with Crippen LogP contribution in [0.4, 0.5) is 0 Å². The van der Waals surface area contributed by atoms with E-state index in [4.69, 9.17) is 4.18 Å².